The maximum absolute atomic E-state index is 10.1. The highest BCUT2D eigenvalue weighted by Crippen LogP contribution is 2.39. The summed E-state index contributed by atoms with van der Waals surface area (Å²) in [7, 11) is 0. The molecule has 2 nitrogen and oxygen atoms in total. The predicted octanol–water partition coefficient (Wildman–Crippen LogP) is 8.03. The van der Waals surface area contributed by atoms with E-state index in [0.717, 1.165) is 27.7 Å². The van der Waals surface area contributed by atoms with Crippen molar-refractivity contribution in [3.8, 4) is 39.1 Å². The van der Waals surface area contributed by atoms with Crippen molar-refractivity contribution in [2.24, 2.45) is 0 Å². The molecule has 0 aliphatic rings. The molecule has 0 atom stereocenters. The number of aromatic hydroxyl groups is 1. The molecule has 2 heteroatoms. The molecule has 0 fully saturated rings. The molecule has 0 radical (unpaired) electrons. The molecule has 1 aromatic heterocycles. The third-order valence-electron chi connectivity index (χ3n) is 6.08. The zero-order chi connectivity index (χ0) is 21.5. The third kappa shape index (κ3) is 3.14. The zero-order valence-corrected chi connectivity index (χ0v) is 17.4. The van der Waals surface area contributed by atoms with Crippen LogP contribution in [-0.2, 0) is 0 Å². The van der Waals surface area contributed by atoms with Gasteiger partial charge in [-0.1, -0.05) is 78.9 Å². The van der Waals surface area contributed by atoms with E-state index in [1.807, 2.05) is 30.3 Å². The fourth-order valence-corrected chi connectivity index (χ4v) is 4.51. The van der Waals surface area contributed by atoms with E-state index in [0.29, 0.717) is 0 Å². The second kappa shape index (κ2) is 7.44. The number of benzene rings is 5. The molecule has 0 unspecified atom stereocenters. The van der Waals surface area contributed by atoms with E-state index in [1.54, 1.807) is 6.07 Å². The van der Waals surface area contributed by atoms with Crippen molar-refractivity contribution in [1.82, 2.24) is 4.98 Å². The van der Waals surface area contributed by atoms with Crippen molar-refractivity contribution in [2.75, 3.05) is 0 Å². The Balaban J connectivity index is 1.67. The summed E-state index contributed by atoms with van der Waals surface area (Å²) in [5.41, 5.74) is 8.98. The van der Waals surface area contributed by atoms with Crippen molar-refractivity contribution < 1.29 is 5.11 Å². The van der Waals surface area contributed by atoms with Crippen LogP contribution >= 0.6 is 0 Å². The second-order valence-electron chi connectivity index (χ2n) is 8.11. The van der Waals surface area contributed by atoms with E-state index in [1.165, 1.54) is 27.5 Å². The molecular formula is C30H21NO. The van der Waals surface area contributed by atoms with Gasteiger partial charge in [0, 0.05) is 21.9 Å². The van der Waals surface area contributed by atoms with Gasteiger partial charge in [0.25, 0.3) is 0 Å². The molecule has 0 saturated carbocycles. The monoisotopic (exact) mass is 411 g/mol. The van der Waals surface area contributed by atoms with Crippen LogP contribution in [0.25, 0.3) is 55.2 Å². The minimum Gasteiger partial charge on any atom is -0.508 e. The van der Waals surface area contributed by atoms with E-state index in [4.69, 9.17) is 0 Å². The summed E-state index contributed by atoms with van der Waals surface area (Å²) < 4.78 is 0. The van der Waals surface area contributed by atoms with Crippen LogP contribution in [0.15, 0.2) is 115 Å². The van der Waals surface area contributed by atoms with Gasteiger partial charge in [-0.3, -0.25) is 0 Å². The van der Waals surface area contributed by atoms with E-state index >= 15 is 0 Å². The summed E-state index contributed by atoms with van der Waals surface area (Å²) in [5.74, 6) is 0.267. The van der Waals surface area contributed by atoms with Gasteiger partial charge in [-0.05, 0) is 64.2 Å². The first-order valence-corrected chi connectivity index (χ1v) is 10.8. The highest BCUT2D eigenvalue weighted by atomic mass is 16.3. The van der Waals surface area contributed by atoms with Gasteiger partial charge in [0.15, 0.2) is 0 Å². The van der Waals surface area contributed by atoms with Crippen molar-refractivity contribution in [1.29, 1.82) is 0 Å². The van der Waals surface area contributed by atoms with Gasteiger partial charge < -0.3 is 10.1 Å². The minimum absolute atomic E-state index is 0.267. The number of fused-ring (bicyclic) bond motifs is 3. The Kier molecular flexibility index (Phi) is 4.29. The van der Waals surface area contributed by atoms with Crippen LogP contribution in [0.5, 0.6) is 5.75 Å². The molecule has 0 spiro atoms. The van der Waals surface area contributed by atoms with Crippen LogP contribution in [0.1, 0.15) is 0 Å². The number of hydrogen-bond acceptors (Lipinski definition) is 1. The van der Waals surface area contributed by atoms with E-state index in [9.17, 15) is 5.11 Å². The van der Waals surface area contributed by atoms with Gasteiger partial charge in [0.05, 0.1) is 5.52 Å². The standard InChI is InChI=1S/C30H21NO/c32-25-13-7-12-23(16-25)26-18-24(21-10-5-2-6-11-21)19-28-27-17-22(20-8-3-1-4-9-20)14-15-29(27)31-30(26)28/h1-19,31-32H. The number of hydrogen-bond donors (Lipinski definition) is 2. The van der Waals surface area contributed by atoms with Crippen LogP contribution in [-0.4, -0.2) is 10.1 Å². The maximum atomic E-state index is 10.1. The maximum Gasteiger partial charge on any atom is 0.116 e. The highest BCUT2D eigenvalue weighted by molar-refractivity contribution is 6.14. The molecule has 32 heavy (non-hydrogen) atoms. The van der Waals surface area contributed by atoms with Crippen molar-refractivity contribution in [2.45, 2.75) is 0 Å². The van der Waals surface area contributed by atoms with Crippen LogP contribution in [0, 0.1) is 0 Å². The average molecular weight is 412 g/mol. The van der Waals surface area contributed by atoms with E-state index < -0.39 is 0 Å². The Morgan fingerprint density at radius 2 is 1.12 bits per heavy atom. The van der Waals surface area contributed by atoms with Gasteiger partial charge in [-0.25, -0.2) is 0 Å². The Labute approximate surface area is 186 Å². The first-order chi connectivity index (χ1) is 15.8. The molecule has 0 saturated heterocycles. The Morgan fingerprint density at radius 1 is 0.469 bits per heavy atom. The van der Waals surface area contributed by atoms with Gasteiger partial charge in [-0.15, -0.1) is 0 Å². The molecule has 6 aromatic rings. The lowest BCUT2D eigenvalue weighted by Gasteiger charge is -2.09. The molecule has 0 amide bonds. The highest BCUT2D eigenvalue weighted by Gasteiger charge is 2.14. The number of rotatable bonds is 3. The summed E-state index contributed by atoms with van der Waals surface area (Å²) >= 11 is 0. The smallest absolute Gasteiger partial charge is 0.116 e. The third-order valence-corrected chi connectivity index (χ3v) is 6.08. The van der Waals surface area contributed by atoms with Crippen LogP contribution in [0.3, 0.4) is 0 Å². The fourth-order valence-electron chi connectivity index (χ4n) is 4.51. The number of phenolic OH excluding ortho intramolecular Hbond substituents is 1. The molecular weight excluding hydrogens is 390 g/mol. The van der Waals surface area contributed by atoms with Crippen LogP contribution in [0.2, 0.25) is 0 Å². The zero-order valence-electron chi connectivity index (χ0n) is 17.4. The number of nitrogens with one attached hydrogen (secondary N) is 1. The molecule has 0 aliphatic carbocycles. The van der Waals surface area contributed by atoms with Crippen LogP contribution < -0.4 is 0 Å². The molecule has 6 rings (SSSR count). The molecule has 0 bridgehead atoms. The number of phenols is 1. The fraction of sp³-hybridized carbons (Fsp3) is 0. The van der Waals surface area contributed by atoms with E-state index in [2.05, 4.69) is 83.8 Å². The number of aromatic nitrogens is 1. The Bertz CT molecular complexity index is 1560. The molecule has 5 aromatic carbocycles. The number of aromatic amines is 1. The van der Waals surface area contributed by atoms with Gasteiger partial charge >= 0.3 is 0 Å². The lowest BCUT2D eigenvalue weighted by molar-refractivity contribution is 0.475. The normalized spacial score (nSPS) is 11.2. The number of H-pyrrole nitrogens is 1. The SMILES string of the molecule is Oc1cccc(-c2cc(-c3ccccc3)cc3c2[nH]c2ccc(-c4ccccc4)cc23)c1. The van der Waals surface area contributed by atoms with Gasteiger partial charge in [-0.2, -0.15) is 0 Å². The Hall–Kier alpha value is -4.30. The second-order valence-corrected chi connectivity index (χ2v) is 8.11. The Morgan fingerprint density at radius 3 is 1.84 bits per heavy atom. The summed E-state index contributed by atoms with van der Waals surface area (Å²) in [6.45, 7) is 0. The van der Waals surface area contributed by atoms with Gasteiger partial charge in [0.1, 0.15) is 5.75 Å². The molecule has 152 valence electrons. The predicted molar refractivity (Wildman–Crippen MR) is 134 cm³/mol. The minimum atomic E-state index is 0.267. The summed E-state index contributed by atoms with van der Waals surface area (Å²) in [5, 5.41) is 12.5. The average Bonchev–Trinajstić information content (AvgIpc) is 3.22. The first-order valence-electron chi connectivity index (χ1n) is 10.8. The van der Waals surface area contributed by atoms with Crippen molar-refractivity contribution in [3.05, 3.63) is 115 Å². The summed E-state index contributed by atoms with van der Waals surface area (Å²) in [6, 6.07) is 39.5. The largest absolute Gasteiger partial charge is 0.508 e. The topological polar surface area (TPSA) is 36.0 Å². The summed E-state index contributed by atoms with van der Waals surface area (Å²) in [6.07, 6.45) is 0. The molecule has 1 heterocycles. The summed E-state index contributed by atoms with van der Waals surface area (Å²) in [4.78, 5) is 3.64. The quantitative estimate of drug-likeness (QED) is 0.304. The van der Waals surface area contributed by atoms with Gasteiger partial charge in [0.2, 0.25) is 0 Å². The van der Waals surface area contributed by atoms with E-state index in [-0.39, 0.29) is 5.75 Å². The lowest BCUT2D eigenvalue weighted by atomic mass is 9.95. The van der Waals surface area contributed by atoms with Crippen LogP contribution in [0.4, 0.5) is 0 Å². The first kappa shape index (κ1) is 18.5. The molecule has 2 N–H and O–H groups in total. The molecule has 0 aliphatic heterocycles. The van der Waals surface area contributed by atoms with Crippen molar-refractivity contribution >= 4 is 21.8 Å². The lowest BCUT2D eigenvalue weighted by Crippen LogP contribution is -1.84. The van der Waals surface area contributed by atoms with Crippen molar-refractivity contribution in [3.63, 3.8) is 0 Å².